The summed E-state index contributed by atoms with van der Waals surface area (Å²) in [5.41, 5.74) is 13.7. The molecule has 104 valence electrons. The van der Waals surface area contributed by atoms with Crippen LogP contribution in [0, 0.1) is 11.2 Å². The van der Waals surface area contributed by atoms with E-state index < -0.39 is 5.82 Å². The van der Waals surface area contributed by atoms with E-state index in [1.165, 1.54) is 19.2 Å². The molecule has 0 saturated heterocycles. The molecule has 0 spiro atoms. The first-order valence-corrected chi connectivity index (χ1v) is 6.08. The van der Waals surface area contributed by atoms with Gasteiger partial charge in [0.2, 0.25) is 0 Å². The van der Waals surface area contributed by atoms with Crippen LogP contribution in [0.15, 0.2) is 36.4 Å². The maximum atomic E-state index is 13.3. The molecule has 0 unspecified atom stereocenters. The fourth-order valence-corrected chi connectivity index (χ4v) is 2.08. The van der Waals surface area contributed by atoms with Gasteiger partial charge in [-0.3, -0.25) is 5.41 Å². The minimum atomic E-state index is -0.403. The number of nitrogens with one attached hydrogen (secondary N) is 1. The molecule has 0 saturated carbocycles. The molecule has 5 N–H and O–H groups in total. The van der Waals surface area contributed by atoms with Crippen LogP contribution >= 0.6 is 0 Å². The van der Waals surface area contributed by atoms with E-state index in [2.05, 4.69) is 0 Å². The number of nitrogen functional groups attached to an aromatic ring is 1. The summed E-state index contributed by atoms with van der Waals surface area (Å²) in [5, 5.41) is 8.26. The topological polar surface area (TPSA) is 85.1 Å². The van der Waals surface area contributed by atoms with Crippen LogP contribution in [0.2, 0.25) is 0 Å². The maximum Gasteiger partial charge on any atom is 0.134 e. The van der Waals surface area contributed by atoms with Crippen LogP contribution in [-0.4, -0.2) is 12.8 Å². The van der Waals surface area contributed by atoms with E-state index >= 15 is 0 Å². The summed E-state index contributed by atoms with van der Waals surface area (Å²) in [6.45, 7) is 0.271. The van der Waals surface area contributed by atoms with E-state index in [9.17, 15) is 4.39 Å². The van der Waals surface area contributed by atoms with Gasteiger partial charge >= 0.3 is 0 Å². The van der Waals surface area contributed by atoms with E-state index in [1.54, 1.807) is 24.3 Å². The zero-order valence-corrected chi connectivity index (χ0v) is 11.1. The number of hydrogen-bond donors (Lipinski definition) is 3. The lowest BCUT2D eigenvalue weighted by Gasteiger charge is -2.16. The van der Waals surface area contributed by atoms with E-state index in [4.69, 9.17) is 21.6 Å². The molecular formula is C15H16FN3O. The lowest BCUT2D eigenvalue weighted by Crippen LogP contribution is -2.11. The van der Waals surface area contributed by atoms with E-state index in [0.29, 0.717) is 22.6 Å². The first kappa shape index (κ1) is 14.0. The van der Waals surface area contributed by atoms with Crippen LogP contribution < -0.4 is 16.2 Å². The standard InChI is InChI=1S/C15H16FN3O/c1-20-15-10(8-17)5-6-12(18)13(15)14(19)9-3-2-4-11(16)7-9/h2-7,19H,8,17-18H2,1H3. The molecule has 20 heavy (non-hydrogen) atoms. The van der Waals surface area contributed by atoms with Crippen molar-refractivity contribution in [2.75, 3.05) is 12.8 Å². The highest BCUT2D eigenvalue weighted by molar-refractivity contribution is 6.15. The molecule has 5 heteroatoms. The Morgan fingerprint density at radius 2 is 2.05 bits per heavy atom. The Labute approximate surface area is 116 Å². The Morgan fingerprint density at radius 3 is 2.65 bits per heavy atom. The summed E-state index contributed by atoms with van der Waals surface area (Å²) in [5.74, 6) is 0.0570. The predicted octanol–water partition coefficient (Wildman–Crippen LogP) is 2.29. The SMILES string of the molecule is COc1c(CN)ccc(N)c1C(=N)c1cccc(F)c1. The number of nitrogens with two attached hydrogens (primary N) is 2. The second-order valence-electron chi connectivity index (χ2n) is 4.31. The monoisotopic (exact) mass is 273 g/mol. The van der Waals surface area contributed by atoms with Crippen LogP contribution in [0.4, 0.5) is 10.1 Å². The van der Waals surface area contributed by atoms with Gasteiger partial charge in [-0.15, -0.1) is 0 Å². The van der Waals surface area contributed by atoms with Gasteiger partial charge in [0.1, 0.15) is 11.6 Å². The Balaban J connectivity index is 2.59. The molecule has 0 atom stereocenters. The van der Waals surface area contributed by atoms with Crippen molar-refractivity contribution in [1.29, 1.82) is 5.41 Å². The number of anilines is 1. The average Bonchev–Trinajstić information content (AvgIpc) is 2.46. The quantitative estimate of drug-likeness (QED) is 0.590. The summed E-state index contributed by atoms with van der Waals surface area (Å²) < 4.78 is 18.6. The highest BCUT2D eigenvalue weighted by atomic mass is 19.1. The van der Waals surface area contributed by atoms with Gasteiger partial charge in [0.05, 0.1) is 18.4 Å². The van der Waals surface area contributed by atoms with Crippen molar-refractivity contribution in [2.45, 2.75) is 6.54 Å². The number of benzene rings is 2. The first-order chi connectivity index (χ1) is 9.58. The normalized spacial score (nSPS) is 10.3. The molecule has 2 aromatic carbocycles. The highest BCUT2D eigenvalue weighted by Crippen LogP contribution is 2.31. The zero-order valence-electron chi connectivity index (χ0n) is 11.1. The summed E-state index contributed by atoms with van der Waals surface area (Å²) in [4.78, 5) is 0. The molecule has 0 heterocycles. The Hall–Kier alpha value is -2.40. The lowest BCUT2D eigenvalue weighted by molar-refractivity contribution is 0.409. The first-order valence-electron chi connectivity index (χ1n) is 6.08. The van der Waals surface area contributed by atoms with Gasteiger partial charge in [-0.2, -0.15) is 0 Å². The van der Waals surface area contributed by atoms with Crippen LogP contribution in [0.5, 0.6) is 5.75 Å². The minimum Gasteiger partial charge on any atom is -0.496 e. The van der Waals surface area contributed by atoms with Gasteiger partial charge in [0.15, 0.2) is 0 Å². The van der Waals surface area contributed by atoms with E-state index in [-0.39, 0.29) is 12.3 Å². The van der Waals surface area contributed by atoms with Crippen LogP contribution in [0.25, 0.3) is 0 Å². The third kappa shape index (κ3) is 2.48. The van der Waals surface area contributed by atoms with Gasteiger partial charge in [-0.05, 0) is 18.2 Å². The molecule has 0 radical (unpaired) electrons. The van der Waals surface area contributed by atoms with Crippen molar-refractivity contribution in [3.63, 3.8) is 0 Å². The van der Waals surface area contributed by atoms with Gasteiger partial charge in [0.25, 0.3) is 0 Å². The van der Waals surface area contributed by atoms with Crippen LogP contribution in [0.3, 0.4) is 0 Å². The molecule has 0 bridgehead atoms. The number of hydrogen-bond acceptors (Lipinski definition) is 4. The summed E-state index contributed by atoms with van der Waals surface area (Å²) in [7, 11) is 1.50. The average molecular weight is 273 g/mol. The zero-order chi connectivity index (χ0) is 14.7. The number of rotatable bonds is 4. The Morgan fingerprint density at radius 1 is 1.30 bits per heavy atom. The molecule has 4 nitrogen and oxygen atoms in total. The Bertz CT molecular complexity index is 656. The van der Waals surface area contributed by atoms with Crippen LogP contribution in [0.1, 0.15) is 16.7 Å². The van der Waals surface area contributed by atoms with Crippen molar-refractivity contribution in [1.82, 2.24) is 0 Å². The van der Waals surface area contributed by atoms with Crippen molar-refractivity contribution in [2.24, 2.45) is 5.73 Å². The van der Waals surface area contributed by atoms with E-state index in [0.717, 1.165) is 5.56 Å². The number of ether oxygens (including phenoxy) is 1. The fourth-order valence-electron chi connectivity index (χ4n) is 2.08. The highest BCUT2D eigenvalue weighted by Gasteiger charge is 2.17. The molecule has 2 rings (SSSR count). The smallest absolute Gasteiger partial charge is 0.134 e. The van der Waals surface area contributed by atoms with Gasteiger partial charge < -0.3 is 16.2 Å². The maximum absolute atomic E-state index is 13.3. The van der Waals surface area contributed by atoms with E-state index in [1.807, 2.05) is 0 Å². The molecule has 0 fully saturated rings. The molecule has 0 aliphatic heterocycles. The van der Waals surface area contributed by atoms with Gasteiger partial charge in [-0.25, -0.2) is 4.39 Å². The van der Waals surface area contributed by atoms with Gasteiger partial charge in [0, 0.05) is 23.4 Å². The van der Waals surface area contributed by atoms with Crippen molar-refractivity contribution in [3.8, 4) is 5.75 Å². The molecule has 0 amide bonds. The third-order valence-electron chi connectivity index (χ3n) is 3.06. The van der Waals surface area contributed by atoms with Gasteiger partial charge in [-0.1, -0.05) is 18.2 Å². The molecular weight excluding hydrogens is 257 g/mol. The molecule has 0 aliphatic carbocycles. The molecule has 0 aromatic heterocycles. The molecule has 0 aliphatic rings. The third-order valence-corrected chi connectivity index (χ3v) is 3.06. The minimum absolute atomic E-state index is 0.106. The summed E-state index contributed by atoms with van der Waals surface area (Å²) in [6.07, 6.45) is 0. The lowest BCUT2D eigenvalue weighted by atomic mass is 9.97. The van der Waals surface area contributed by atoms with Crippen LogP contribution in [-0.2, 0) is 6.54 Å². The largest absolute Gasteiger partial charge is 0.496 e. The second kappa shape index (κ2) is 5.71. The van der Waals surface area contributed by atoms with Crippen molar-refractivity contribution in [3.05, 3.63) is 58.9 Å². The summed E-state index contributed by atoms with van der Waals surface area (Å²) >= 11 is 0. The number of methoxy groups -OCH3 is 1. The molecule has 2 aromatic rings. The fraction of sp³-hybridized carbons (Fsp3) is 0.133. The number of halogens is 1. The Kier molecular flexibility index (Phi) is 4.00. The van der Waals surface area contributed by atoms with Crippen molar-refractivity contribution >= 4 is 11.4 Å². The summed E-state index contributed by atoms with van der Waals surface area (Å²) in [6, 6.07) is 9.25. The second-order valence-corrected chi connectivity index (χ2v) is 4.31. The predicted molar refractivity (Wildman–Crippen MR) is 77.6 cm³/mol. The van der Waals surface area contributed by atoms with Crippen molar-refractivity contribution < 1.29 is 9.13 Å².